The van der Waals surface area contributed by atoms with Crippen LogP contribution in [0.25, 0.3) is 0 Å². The fourth-order valence-corrected chi connectivity index (χ4v) is 2.02. The zero-order chi connectivity index (χ0) is 12.4. The van der Waals surface area contributed by atoms with Crippen LogP contribution in [0, 0.1) is 0 Å². The highest BCUT2D eigenvalue weighted by molar-refractivity contribution is 7.80. The molecule has 0 aromatic carbocycles. The van der Waals surface area contributed by atoms with Crippen LogP contribution in [0.3, 0.4) is 0 Å². The van der Waals surface area contributed by atoms with E-state index in [4.69, 9.17) is 22.7 Å². The van der Waals surface area contributed by atoms with Gasteiger partial charge in [0, 0.05) is 0 Å². The Bertz CT molecular complexity index is 196. The Labute approximate surface area is 106 Å². The molecule has 0 heterocycles. The molecule has 0 spiro atoms. The average molecular weight is 245 g/mol. The van der Waals surface area contributed by atoms with Crippen LogP contribution in [0.5, 0.6) is 0 Å². The van der Waals surface area contributed by atoms with E-state index >= 15 is 0 Å². The fourth-order valence-electron chi connectivity index (χ4n) is 1.82. The van der Waals surface area contributed by atoms with Crippen LogP contribution in [-0.2, 0) is 4.74 Å². The Kier molecular flexibility index (Phi) is 8.63. The lowest BCUT2D eigenvalue weighted by Crippen LogP contribution is -2.33. The topological polar surface area (TPSA) is 35.2 Å². The summed E-state index contributed by atoms with van der Waals surface area (Å²) in [5, 5.41) is 0.176. The Hall–Kier alpha value is -0.310. The number of unbranched alkanes of at least 4 members (excludes halogenated alkanes) is 5. The summed E-state index contributed by atoms with van der Waals surface area (Å²) in [5.74, 6) is 0. The minimum Gasteiger partial charge on any atom is -0.465 e. The van der Waals surface area contributed by atoms with E-state index in [1.54, 1.807) is 0 Å². The van der Waals surface area contributed by atoms with Crippen LogP contribution in [0.15, 0.2) is 0 Å². The van der Waals surface area contributed by atoms with Crippen molar-refractivity contribution < 1.29 is 4.74 Å². The summed E-state index contributed by atoms with van der Waals surface area (Å²) in [6.45, 7) is 6.46. The summed E-state index contributed by atoms with van der Waals surface area (Å²) >= 11 is 4.80. The summed E-state index contributed by atoms with van der Waals surface area (Å²) in [6, 6.07) is 0. The molecule has 0 bridgehead atoms. The molecule has 0 radical (unpaired) electrons. The van der Waals surface area contributed by atoms with Gasteiger partial charge in [-0.25, -0.2) is 0 Å². The summed E-state index contributed by atoms with van der Waals surface area (Å²) in [5.41, 5.74) is 5.28. The maximum atomic E-state index is 5.52. The predicted octanol–water partition coefficient (Wildman–Crippen LogP) is 4.17. The number of rotatable bonds is 9. The third kappa shape index (κ3) is 7.91. The molecule has 96 valence electrons. The minimum atomic E-state index is -0.156. The Morgan fingerprint density at radius 2 is 1.69 bits per heavy atom. The third-order valence-electron chi connectivity index (χ3n) is 3.15. The first kappa shape index (κ1) is 15.7. The first-order chi connectivity index (χ1) is 7.54. The summed E-state index contributed by atoms with van der Waals surface area (Å²) in [7, 11) is 0. The van der Waals surface area contributed by atoms with E-state index in [9.17, 15) is 0 Å². The molecule has 2 N–H and O–H groups in total. The van der Waals surface area contributed by atoms with Crippen molar-refractivity contribution in [3.63, 3.8) is 0 Å². The molecule has 0 aliphatic rings. The number of thiocarbonyl (C=S) groups is 1. The molecule has 0 amide bonds. The van der Waals surface area contributed by atoms with Crippen molar-refractivity contribution in [2.75, 3.05) is 0 Å². The van der Waals surface area contributed by atoms with Gasteiger partial charge in [-0.05, 0) is 38.4 Å². The van der Waals surface area contributed by atoms with Gasteiger partial charge in [0.05, 0.1) is 0 Å². The average Bonchev–Trinajstić information content (AvgIpc) is 2.22. The zero-order valence-corrected chi connectivity index (χ0v) is 11.9. The maximum absolute atomic E-state index is 5.52. The molecule has 16 heavy (non-hydrogen) atoms. The van der Waals surface area contributed by atoms with Gasteiger partial charge in [-0.3, -0.25) is 0 Å². The number of hydrogen-bond acceptors (Lipinski definition) is 2. The van der Waals surface area contributed by atoms with Crippen LogP contribution in [0.1, 0.15) is 72.1 Å². The fraction of sp³-hybridized carbons (Fsp3) is 0.923. The molecule has 0 aliphatic heterocycles. The minimum absolute atomic E-state index is 0.156. The van der Waals surface area contributed by atoms with Crippen molar-refractivity contribution in [3.8, 4) is 0 Å². The van der Waals surface area contributed by atoms with Gasteiger partial charge >= 0.3 is 0 Å². The number of hydrogen-bond donors (Lipinski definition) is 1. The SMILES string of the molecule is CCCCCCCCC(C)(CC)OC(N)=S. The molecule has 1 atom stereocenters. The van der Waals surface area contributed by atoms with Crippen molar-refractivity contribution in [2.24, 2.45) is 5.73 Å². The quantitative estimate of drug-likeness (QED) is 0.489. The standard InChI is InChI=1S/C13H27NOS/c1-4-6-7-8-9-10-11-13(3,5-2)15-12(14)16/h4-11H2,1-3H3,(H2,14,16). The zero-order valence-electron chi connectivity index (χ0n) is 11.1. The van der Waals surface area contributed by atoms with Crippen LogP contribution in [-0.4, -0.2) is 10.8 Å². The van der Waals surface area contributed by atoms with E-state index in [2.05, 4.69) is 20.8 Å². The van der Waals surface area contributed by atoms with Crippen molar-refractivity contribution in [3.05, 3.63) is 0 Å². The molecule has 3 heteroatoms. The van der Waals surface area contributed by atoms with Gasteiger partial charge in [0.15, 0.2) is 0 Å². The second kappa shape index (κ2) is 8.80. The normalized spacial score (nSPS) is 14.4. The molecule has 0 aliphatic carbocycles. The Balaban J connectivity index is 3.65. The first-order valence-corrected chi connectivity index (χ1v) is 6.93. The van der Waals surface area contributed by atoms with Gasteiger partial charge in [-0.1, -0.05) is 46.0 Å². The second-order valence-electron chi connectivity index (χ2n) is 4.74. The van der Waals surface area contributed by atoms with E-state index < -0.39 is 0 Å². The molecular weight excluding hydrogens is 218 g/mol. The molecule has 0 aromatic rings. The van der Waals surface area contributed by atoms with Crippen molar-refractivity contribution in [2.45, 2.75) is 77.7 Å². The van der Waals surface area contributed by atoms with Gasteiger partial charge in [-0.15, -0.1) is 0 Å². The first-order valence-electron chi connectivity index (χ1n) is 6.52. The molecule has 2 nitrogen and oxygen atoms in total. The lowest BCUT2D eigenvalue weighted by atomic mass is 9.95. The predicted molar refractivity (Wildman–Crippen MR) is 74.6 cm³/mol. The highest BCUT2D eigenvalue weighted by Crippen LogP contribution is 2.23. The molecule has 1 unspecified atom stereocenters. The summed E-state index contributed by atoms with van der Waals surface area (Å²) < 4.78 is 5.52. The highest BCUT2D eigenvalue weighted by Gasteiger charge is 2.23. The van der Waals surface area contributed by atoms with E-state index in [1.165, 1.54) is 38.5 Å². The third-order valence-corrected chi connectivity index (χ3v) is 3.24. The van der Waals surface area contributed by atoms with Gasteiger partial charge in [0.2, 0.25) is 0 Å². The van der Waals surface area contributed by atoms with E-state index in [1.807, 2.05) is 0 Å². The van der Waals surface area contributed by atoms with E-state index in [-0.39, 0.29) is 10.8 Å². The monoisotopic (exact) mass is 245 g/mol. The smallest absolute Gasteiger partial charge is 0.254 e. The molecule has 0 aromatic heterocycles. The molecule has 0 saturated heterocycles. The second-order valence-corrected chi connectivity index (χ2v) is 5.14. The van der Waals surface area contributed by atoms with E-state index in [0.29, 0.717) is 0 Å². The number of nitrogens with two attached hydrogens (primary N) is 1. The summed E-state index contributed by atoms with van der Waals surface area (Å²) in [6.07, 6.45) is 9.85. The number of ether oxygens (including phenoxy) is 1. The summed E-state index contributed by atoms with van der Waals surface area (Å²) in [4.78, 5) is 0. The van der Waals surface area contributed by atoms with E-state index in [0.717, 1.165) is 12.8 Å². The lowest BCUT2D eigenvalue weighted by molar-refractivity contribution is 0.0609. The Morgan fingerprint density at radius 3 is 2.19 bits per heavy atom. The van der Waals surface area contributed by atoms with Crippen molar-refractivity contribution >= 4 is 17.4 Å². The van der Waals surface area contributed by atoms with Gasteiger partial charge in [0.1, 0.15) is 5.60 Å². The van der Waals surface area contributed by atoms with Gasteiger partial charge in [0.25, 0.3) is 5.17 Å². The largest absolute Gasteiger partial charge is 0.465 e. The molecule has 0 fully saturated rings. The van der Waals surface area contributed by atoms with Crippen LogP contribution in [0.2, 0.25) is 0 Å². The van der Waals surface area contributed by atoms with Crippen molar-refractivity contribution in [1.29, 1.82) is 0 Å². The maximum Gasteiger partial charge on any atom is 0.254 e. The Morgan fingerprint density at radius 1 is 1.12 bits per heavy atom. The van der Waals surface area contributed by atoms with Crippen molar-refractivity contribution in [1.82, 2.24) is 0 Å². The molecule has 0 rings (SSSR count). The molecular formula is C13H27NOS. The van der Waals surface area contributed by atoms with Gasteiger partial charge in [-0.2, -0.15) is 0 Å². The molecule has 0 saturated carbocycles. The van der Waals surface area contributed by atoms with Crippen LogP contribution >= 0.6 is 12.2 Å². The van der Waals surface area contributed by atoms with Crippen LogP contribution < -0.4 is 5.73 Å². The van der Waals surface area contributed by atoms with Crippen LogP contribution in [0.4, 0.5) is 0 Å². The van der Waals surface area contributed by atoms with Gasteiger partial charge < -0.3 is 10.5 Å². The highest BCUT2D eigenvalue weighted by atomic mass is 32.1. The lowest BCUT2D eigenvalue weighted by Gasteiger charge is -2.28.